The number of hydrogen-bond donors (Lipinski definition) is 1. The van der Waals surface area contributed by atoms with Gasteiger partial charge in [-0.2, -0.15) is 0 Å². The molecule has 1 N–H and O–H groups in total. The SMILES string of the molecule is CC(=O)C1(c2cn[nH]c2[N+](=O)[O-])CC1. The Morgan fingerprint density at radius 1 is 1.71 bits per heavy atom. The number of nitro groups is 1. The zero-order chi connectivity index (χ0) is 10.3. The van der Waals surface area contributed by atoms with E-state index in [0.717, 1.165) is 0 Å². The molecule has 6 nitrogen and oxygen atoms in total. The molecule has 1 aromatic rings. The van der Waals surface area contributed by atoms with E-state index in [-0.39, 0.29) is 11.6 Å². The Kier molecular flexibility index (Phi) is 1.67. The zero-order valence-corrected chi connectivity index (χ0v) is 7.61. The van der Waals surface area contributed by atoms with Crippen molar-refractivity contribution in [3.05, 3.63) is 21.9 Å². The quantitative estimate of drug-likeness (QED) is 0.574. The summed E-state index contributed by atoms with van der Waals surface area (Å²) in [7, 11) is 0. The highest BCUT2D eigenvalue weighted by Crippen LogP contribution is 2.51. The standard InChI is InChI=1S/C8H9N3O3/c1-5(12)8(2-3-8)6-4-9-10-7(6)11(13)14/h4H,2-3H2,1H3,(H,9,10). The van der Waals surface area contributed by atoms with Crippen LogP contribution in [0.1, 0.15) is 25.3 Å². The summed E-state index contributed by atoms with van der Waals surface area (Å²) in [6.45, 7) is 1.46. The number of Topliss-reactive ketones (excluding diaryl/α,β-unsaturated/α-hetero) is 1. The van der Waals surface area contributed by atoms with Crippen LogP contribution in [0, 0.1) is 10.1 Å². The maximum Gasteiger partial charge on any atom is 0.346 e. The van der Waals surface area contributed by atoms with E-state index in [1.165, 1.54) is 13.1 Å². The van der Waals surface area contributed by atoms with Gasteiger partial charge in [-0.25, -0.2) is 0 Å². The minimum atomic E-state index is -0.630. The minimum absolute atomic E-state index is 0.0259. The van der Waals surface area contributed by atoms with E-state index in [1.54, 1.807) is 0 Å². The third kappa shape index (κ3) is 1.03. The van der Waals surface area contributed by atoms with Crippen molar-refractivity contribution in [1.29, 1.82) is 0 Å². The normalized spacial score (nSPS) is 17.8. The number of nitrogens with zero attached hydrogens (tertiary/aromatic N) is 2. The number of ketones is 1. The van der Waals surface area contributed by atoms with Gasteiger partial charge < -0.3 is 10.1 Å². The summed E-state index contributed by atoms with van der Waals surface area (Å²) in [6, 6.07) is 0. The van der Waals surface area contributed by atoms with Gasteiger partial charge in [-0.3, -0.25) is 4.79 Å². The van der Waals surface area contributed by atoms with E-state index in [4.69, 9.17) is 0 Å². The summed E-state index contributed by atoms with van der Waals surface area (Å²) < 4.78 is 0. The molecule has 74 valence electrons. The fourth-order valence-electron chi connectivity index (χ4n) is 1.70. The van der Waals surface area contributed by atoms with Gasteiger partial charge in [-0.1, -0.05) is 5.10 Å². The first-order chi connectivity index (χ1) is 6.58. The van der Waals surface area contributed by atoms with Crippen LogP contribution in [0.3, 0.4) is 0 Å². The summed E-state index contributed by atoms with van der Waals surface area (Å²) in [6.07, 6.45) is 2.75. The molecule has 0 unspecified atom stereocenters. The van der Waals surface area contributed by atoms with Crippen molar-refractivity contribution in [2.75, 3.05) is 0 Å². The van der Waals surface area contributed by atoms with Crippen LogP contribution in [0.4, 0.5) is 5.82 Å². The highest BCUT2D eigenvalue weighted by Gasteiger charge is 2.53. The van der Waals surface area contributed by atoms with Crippen molar-refractivity contribution >= 4 is 11.6 Å². The molecule has 0 atom stereocenters. The number of carbonyl (C=O) groups excluding carboxylic acids is 1. The lowest BCUT2D eigenvalue weighted by Gasteiger charge is -2.07. The maximum absolute atomic E-state index is 11.3. The second-order valence-electron chi connectivity index (χ2n) is 3.53. The molecule has 0 radical (unpaired) electrons. The van der Waals surface area contributed by atoms with E-state index >= 15 is 0 Å². The molecule has 0 amide bonds. The molecule has 1 saturated carbocycles. The fraction of sp³-hybridized carbons (Fsp3) is 0.500. The van der Waals surface area contributed by atoms with Crippen molar-refractivity contribution in [2.45, 2.75) is 25.2 Å². The number of carbonyl (C=O) groups is 1. The summed E-state index contributed by atoms with van der Waals surface area (Å²) in [5.41, 5.74) is -0.204. The lowest BCUT2D eigenvalue weighted by atomic mass is 9.94. The Hall–Kier alpha value is -1.72. The van der Waals surface area contributed by atoms with Crippen molar-refractivity contribution in [2.24, 2.45) is 0 Å². The molecule has 14 heavy (non-hydrogen) atoms. The highest BCUT2D eigenvalue weighted by atomic mass is 16.6. The summed E-state index contributed by atoms with van der Waals surface area (Å²) in [5.74, 6) is -0.181. The summed E-state index contributed by atoms with van der Waals surface area (Å²) >= 11 is 0. The topological polar surface area (TPSA) is 88.9 Å². The predicted octanol–water partition coefficient (Wildman–Crippen LogP) is 0.938. The Morgan fingerprint density at radius 2 is 2.36 bits per heavy atom. The second-order valence-corrected chi connectivity index (χ2v) is 3.53. The van der Waals surface area contributed by atoms with E-state index in [0.29, 0.717) is 18.4 Å². The van der Waals surface area contributed by atoms with E-state index in [9.17, 15) is 14.9 Å². The van der Waals surface area contributed by atoms with Gasteiger partial charge in [0.2, 0.25) is 0 Å². The molecule has 6 heteroatoms. The van der Waals surface area contributed by atoms with Gasteiger partial charge in [0.05, 0.1) is 17.2 Å². The number of rotatable bonds is 3. The molecule has 1 aromatic heterocycles. The fourth-order valence-corrected chi connectivity index (χ4v) is 1.70. The molecule has 1 heterocycles. The molecule has 1 fully saturated rings. The van der Waals surface area contributed by atoms with Gasteiger partial charge in [0, 0.05) is 0 Å². The van der Waals surface area contributed by atoms with Gasteiger partial charge in [-0.15, -0.1) is 5.10 Å². The Morgan fingerprint density at radius 3 is 2.79 bits per heavy atom. The number of H-pyrrole nitrogens is 1. The van der Waals surface area contributed by atoms with Crippen molar-refractivity contribution in [3.8, 4) is 0 Å². The van der Waals surface area contributed by atoms with Crippen LogP contribution in [0.2, 0.25) is 0 Å². The van der Waals surface area contributed by atoms with Gasteiger partial charge in [-0.05, 0) is 24.7 Å². The number of aromatic nitrogens is 2. The molecular weight excluding hydrogens is 186 g/mol. The van der Waals surface area contributed by atoms with Crippen molar-refractivity contribution in [1.82, 2.24) is 10.2 Å². The van der Waals surface area contributed by atoms with Crippen LogP contribution in [-0.4, -0.2) is 20.9 Å². The number of nitrogens with one attached hydrogen (secondary N) is 1. The zero-order valence-electron chi connectivity index (χ0n) is 7.61. The molecular formula is C8H9N3O3. The molecule has 0 aliphatic heterocycles. The minimum Gasteiger partial charge on any atom is -0.358 e. The van der Waals surface area contributed by atoms with Gasteiger partial charge in [0.15, 0.2) is 0 Å². The third-order valence-electron chi connectivity index (χ3n) is 2.74. The molecule has 0 spiro atoms. The predicted molar refractivity (Wildman–Crippen MR) is 46.8 cm³/mol. The molecule has 0 saturated heterocycles. The van der Waals surface area contributed by atoms with Crippen molar-refractivity contribution in [3.63, 3.8) is 0 Å². The number of aromatic amines is 1. The number of hydrogen-bond acceptors (Lipinski definition) is 4. The Labute approximate surface area is 79.5 Å². The van der Waals surface area contributed by atoms with Crippen molar-refractivity contribution < 1.29 is 9.72 Å². The monoisotopic (exact) mass is 195 g/mol. The van der Waals surface area contributed by atoms with E-state index < -0.39 is 10.3 Å². The lowest BCUT2D eigenvalue weighted by molar-refractivity contribution is -0.390. The van der Waals surface area contributed by atoms with Crippen LogP contribution >= 0.6 is 0 Å². The largest absolute Gasteiger partial charge is 0.358 e. The summed E-state index contributed by atoms with van der Waals surface area (Å²) in [5, 5.41) is 16.5. The average molecular weight is 195 g/mol. The van der Waals surface area contributed by atoms with Crippen LogP contribution in [0.25, 0.3) is 0 Å². The van der Waals surface area contributed by atoms with Crippen LogP contribution < -0.4 is 0 Å². The molecule has 2 rings (SSSR count). The van der Waals surface area contributed by atoms with Gasteiger partial charge >= 0.3 is 5.82 Å². The smallest absolute Gasteiger partial charge is 0.346 e. The second kappa shape index (κ2) is 2.63. The van der Waals surface area contributed by atoms with E-state index in [1.807, 2.05) is 0 Å². The highest BCUT2D eigenvalue weighted by molar-refractivity contribution is 5.91. The average Bonchev–Trinajstić information content (AvgIpc) is 2.77. The molecule has 1 aliphatic rings. The first-order valence-corrected chi connectivity index (χ1v) is 4.27. The van der Waals surface area contributed by atoms with Crippen LogP contribution in [-0.2, 0) is 10.2 Å². The van der Waals surface area contributed by atoms with Gasteiger partial charge in [0.1, 0.15) is 5.78 Å². The van der Waals surface area contributed by atoms with Crippen LogP contribution in [0.5, 0.6) is 0 Å². The van der Waals surface area contributed by atoms with Gasteiger partial charge in [0.25, 0.3) is 0 Å². The van der Waals surface area contributed by atoms with Crippen LogP contribution in [0.15, 0.2) is 6.20 Å². The maximum atomic E-state index is 11.3. The summed E-state index contributed by atoms with van der Waals surface area (Å²) in [4.78, 5) is 21.4. The molecule has 0 bridgehead atoms. The Balaban J connectivity index is 2.47. The third-order valence-corrected chi connectivity index (χ3v) is 2.74. The molecule has 0 aromatic carbocycles. The lowest BCUT2D eigenvalue weighted by Crippen LogP contribution is -2.17. The first-order valence-electron chi connectivity index (χ1n) is 4.27. The molecule has 1 aliphatic carbocycles. The van der Waals surface area contributed by atoms with E-state index in [2.05, 4.69) is 10.2 Å². The first kappa shape index (κ1) is 8.86. The Bertz CT molecular complexity index is 406.